The maximum absolute atomic E-state index is 13.1. The molecular formula is C29H24Br2N2O5S. The Balaban J connectivity index is 1.28. The SMILES string of the molecule is COc1cc(/C=C2\SC(=O)N(CC(=O)N3CCc4ccccc4C3)C2=O)c(Br)cc1OCc1ccc(Br)cc1. The van der Waals surface area contributed by atoms with Gasteiger partial charge in [0.05, 0.1) is 12.0 Å². The Morgan fingerprint density at radius 2 is 1.77 bits per heavy atom. The number of carbonyl (C=O) groups is 3. The van der Waals surface area contributed by atoms with E-state index in [0.717, 1.165) is 38.7 Å². The molecule has 10 heteroatoms. The van der Waals surface area contributed by atoms with Crippen LogP contribution >= 0.6 is 43.6 Å². The second-order valence-corrected chi connectivity index (χ2v) is 11.8. The summed E-state index contributed by atoms with van der Waals surface area (Å²) in [6.45, 7) is 1.11. The largest absolute Gasteiger partial charge is 0.493 e. The molecule has 0 aliphatic carbocycles. The minimum atomic E-state index is -0.489. The van der Waals surface area contributed by atoms with Gasteiger partial charge < -0.3 is 14.4 Å². The highest BCUT2D eigenvalue weighted by Gasteiger charge is 2.37. The molecule has 3 aromatic carbocycles. The van der Waals surface area contributed by atoms with Crippen molar-refractivity contribution in [1.82, 2.24) is 9.80 Å². The van der Waals surface area contributed by atoms with Gasteiger partial charge in [0.25, 0.3) is 11.1 Å². The van der Waals surface area contributed by atoms with Crippen LogP contribution in [0.4, 0.5) is 4.79 Å². The van der Waals surface area contributed by atoms with E-state index < -0.39 is 11.1 Å². The van der Waals surface area contributed by atoms with E-state index in [1.165, 1.54) is 12.7 Å². The van der Waals surface area contributed by atoms with Crippen molar-refractivity contribution in [2.24, 2.45) is 0 Å². The highest BCUT2D eigenvalue weighted by molar-refractivity contribution is 9.10. The summed E-state index contributed by atoms with van der Waals surface area (Å²) in [5.74, 6) is 0.285. The molecule has 2 aliphatic rings. The average Bonchev–Trinajstić information content (AvgIpc) is 3.20. The Kier molecular flexibility index (Phi) is 8.44. The molecule has 2 heterocycles. The number of fused-ring (bicyclic) bond motifs is 1. The third kappa shape index (κ3) is 6.23. The molecule has 5 rings (SSSR count). The fourth-order valence-corrected chi connectivity index (χ4v) is 5.93. The number of thioether (sulfide) groups is 1. The van der Waals surface area contributed by atoms with Gasteiger partial charge in [-0.3, -0.25) is 19.3 Å². The quantitative estimate of drug-likeness (QED) is 0.270. The Hall–Kier alpha value is -3.08. The molecule has 0 radical (unpaired) electrons. The Morgan fingerprint density at radius 1 is 1.03 bits per heavy atom. The van der Waals surface area contributed by atoms with Crippen molar-refractivity contribution >= 4 is 66.8 Å². The number of benzene rings is 3. The summed E-state index contributed by atoms with van der Waals surface area (Å²) < 4.78 is 13.2. The molecule has 0 unspecified atom stereocenters. The number of hydrogen-bond donors (Lipinski definition) is 0. The number of imide groups is 1. The van der Waals surface area contributed by atoms with E-state index in [2.05, 4.69) is 37.9 Å². The number of rotatable bonds is 7. The van der Waals surface area contributed by atoms with E-state index in [4.69, 9.17) is 9.47 Å². The summed E-state index contributed by atoms with van der Waals surface area (Å²) in [4.78, 5) is 41.8. The first-order valence-corrected chi connectivity index (χ1v) is 14.6. The zero-order valence-corrected chi connectivity index (χ0v) is 25.0. The van der Waals surface area contributed by atoms with Gasteiger partial charge >= 0.3 is 0 Å². The molecule has 1 fully saturated rings. The van der Waals surface area contributed by atoms with E-state index in [1.807, 2.05) is 42.5 Å². The second-order valence-electron chi connectivity index (χ2n) is 9.04. The zero-order valence-electron chi connectivity index (χ0n) is 21.0. The first kappa shape index (κ1) is 27.5. The van der Waals surface area contributed by atoms with Crippen molar-refractivity contribution < 1.29 is 23.9 Å². The van der Waals surface area contributed by atoms with Gasteiger partial charge in [-0.25, -0.2) is 0 Å². The topological polar surface area (TPSA) is 76.2 Å². The number of methoxy groups -OCH3 is 1. The van der Waals surface area contributed by atoms with Crippen LogP contribution in [-0.2, 0) is 29.2 Å². The van der Waals surface area contributed by atoms with Crippen LogP contribution in [0, 0.1) is 0 Å². The molecule has 39 heavy (non-hydrogen) atoms. The van der Waals surface area contributed by atoms with Gasteiger partial charge in [-0.15, -0.1) is 0 Å². The zero-order chi connectivity index (χ0) is 27.5. The third-order valence-electron chi connectivity index (χ3n) is 6.53. The predicted octanol–water partition coefficient (Wildman–Crippen LogP) is 6.42. The lowest BCUT2D eigenvalue weighted by atomic mass is 10.00. The summed E-state index contributed by atoms with van der Waals surface area (Å²) in [6.07, 6.45) is 2.38. The van der Waals surface area contributed by atoms with E-state index in [9.17, 15) is 14.4 Å². The molecule has 3 amide bonds. The molecule has 0 saturated carbocycles. The molecule has 0 N–H and O–H groups in total. The number of halogens is 2. The van der Waals surface area contributed by atoms with Crippen LogP contribution in [0.1, 0.15) is 22.3 Å². The maximum Gasteiger partial charge on any atom is 0.294 e. The summed E-state index contributed by atoms with van der Waals surface area (Å²) in [5, 5.41) is -0.463. The number of nitrogens with zero attached hydrogens (tertiary/aromatic N) is 2. The molecule has 7 nitrogen and oxygen atoms in total. The fraction of sp³-hybridized carbons (Fsp3) is 0.207. The first-order chi connectivity index (χ1) is 18.8. The molecular weight excluding hydrogens is 648 g/mol. The summed E-state index contributed by atoms with van der Waals surface area (Å²) in [5.41, 5.74) is 3.96. The first-order valence-electron chi connectivity index (χ1n) is 12.2. The molecule has 3 aromatic rings. The lowest BCUT2D eigenvalue weighted by Crippen LogP contribution is -2.44. The van der Waals surface area contributed by atoms with E-state index >= 15 is 0 Å². The smallest absolute Gasteiger partial charge is 0.294 e. The van der Waals surface area contributed by atoms with Gasteiger partial charge in [0.1, 0.15) is 13.2 Å². The molecule has 2 aliphatic heterocycles. The second kappa shape index (κ2) is 12.0. The van der Waals surface area contributed by atoms with Crippen molar-refractivity contribution in [3.8, 4) is 11.5 Å². The van der Waals surface area contributed by atoms with Crippen molar-refractivity contribution in [1.29, 1.82) is 0 Å². The van der Waals surface area contributed by atoms with Crippen molar-refractivity contribution in [2.75, 3.05) is 20.2 Å². The van der Waals surface area contributed by atoms with Gasteiger partial charge in [-0.05, 0) is 70.8 Å². The van der Waals surface area contributed by atoms with E-state index in [0.29, 0.717) is 41.2 Å². The molecule has 0 aromatic heterocycles. The summed E-state index contributed by atoms with van der Waals surface area (Å²) in [7, 11) is 1.54. The predicted molar refractivity (Wildman–Crippen MR) is 157 cm³/mol. The van der Waals surface area contributed by atoms with Gasteiger partial charge in [-0.2, -0.15) is 0 Å². The molecule has 0 spiro atoms. The van der Waals surface area contributed by atoms with Gasteiger partial charge in [-0.1, -0.05) is 68.3 Å². The highest BCUT2D eigenvalue weighted by atomic mass is 79.9. The van der Waals surface area contributed by atoms with Crippen LogP contribution in [0.15, 0.2) is 74.5 Å². The van der Waals surface area contributed by atoms with E-state index in [1.54, 1.807) is 23.1 Å². The van der Waals surface area contributed by atoms with Crippen molar-refractivity contribution in [3.63, 3.8) is 0 Å². The normalized spacial score (nSPS) is 16.0. The minimum absolute atomic E-state index is 0.239. The molecule has 0 bridgehead atoms. The van der Waals surface area contributed by atoms with Crippen molar-refractivity contribution in [3.05, 3.63) is 96.8 Å². The van der Waals surface area contributed by atoms with E-state index in [-0.39, 0.29) is 17.4 Å². The third-order valence-corrected chi connectivity index (χ3v) is 8.65. The molecule has 1 saturated heterocycles. The monoisotopic (exact) mass is 670 g/mol. The number of amides is 3. The number of carbonyl (C=O) groups excluding carboxylic acids is 3. The van der Waals surface area contributed by atoms with Gasteiger partial charge in [0.2, 0.25) is 5.91 Å². The Morgan fingerprint density at radius 3 is 2.51 bits per heavy atom. The average molecular weight is 672 g/mol. The standard InChI is InChI=1S/C29H24Br2N2O5S/c1-37-24-12-21(23(31)14-25(24)38-17-18-6-8-22(30)9-7-18)13-26-28(35)33(29(36)39-26)16-27(34)32-11-10-19-4-2-3-5-20(19)15-32/h2-9,12-14H,10-11,15-17H2,1H3/b26-13-. The van der Waals surface area contributed by atoms with Crippen molar-refractivity contribution in [2.45, 2.75) is 19.6 Å². The van der Waals surface area contributed by atoms with Crippen LogP contribution in [0.3, 0.4) is 0 Å². The summed E-state index contributed by atoms with van der Waals surface area (Å²) >= 11 is 7.79. The van der Waals surface area contributed by atoms with Crippen LogP contribution in [0.25, 0.3) is 6.08 Å². The lowest BCUT2D eigenvalue weighted by molar-refractivity contribution is -0.136. The van der Waals surface area contributed by atoms with Gasteiger partial charge in [0, 0.05) is 22.0 Å². The maximum atomic E-state index is 13.1. The Labute approximate surface area is 247 Å². The number of ether oxygens (including phenoxy) is 2. The van der Waals surface area contributed by atoms with Gasteiger partial charge in [0.15, 0.2) is 11.5 Å². The Bertz CT molecular complexity index is 1470. The van der Waals surface area contributed by atoms with Crippen LogP contribution in [0.5, 0.6) is 11.5 Å². The summed E-state index contributed by atoms with van der Waals surface area (Å²) in [6, 6.07) is 19.3. The molecule has 200 valence electrons. The minimum Gasteiger partial charge on any atom is -0.493 e. The highest BCUT2D eigenvalue weighted by Crippen LogP contribution is 2.38. The fourth-order valence-electron chi connectivity index (χ4n) is 4.40. The van der Waals surface area contributed by atoms with Crippen LogP contribution in [-0.4, -0.2) is 47.1 Å². The molecule has 0 atom stereocenters. The van der Waals surface area contributed by atoms with Crippen LogP contribution in [0.2, 0.25) is 0 Å². The lowest BCUT2D eigenvalue weighted by Gasteiger charge is -2.29. The van der Waals surface area contributed by atoms with Crippen LogP contribution < -0.4 is 9.47 Å². The number of hydrogen-bond acceptors (Lipinski definition) is 6.